The molecular weight excluding hydrogens is 1010 g/mol. The van der Waals surface area contributed by atoms with Gasteiger partial charge < -0.3 is 34.2 Å². The molecular formula is C54H59F7N4O7S2. The van der Waals surface area contributed by atoms with Crippen LogP contribution >= 0.6 is 22.7 Å². The minimum atomic E-state index is -5.13. The predicted octanol–water partition coefficient (Wildman–Crippen LogP) is 9.26. The van der Waals surface area contributed by atoms with E-state index in [0.717, 1.165) is 43.7 Å². The molecule has 3 saturated heterocycles. The number of alkyl halides is 6. The van der Waals surface area contributed by atoms with Crippen LogP contribution in [-0.2, 0) is 54.4 Å². The van der Waals surface area contributed by atoms with Crippen LogP contribution in [0.1, 0.15) is 86.5 Å². The topological polar surface area (TPSA) is 115 Å². The lowest BCUT2D eigenvalue weighted by Crippen LogP contribution is -2.50. The van der Waals surface area contributed by atoms with Crippen LogP contribution in [0.15, 0.2) is 102 Å². The van der Waals surface area contributed by atoms with Crippen molar-refractivity contribution in [3.8, 4) is 0 Å². The van der Waals surface area contributed by atoms with Gasteiger partial charge in [-0.2, -0.15) is 26.3 Å². The molecule has 1 spiro atoms. The fraction of sp³-hybridized carbons (Fsp3) is 0.481. The molecule has 3 aromatic carbocycles. The molecule has 2 aromatic heterocycles. The van der Waals surface area contributed by atoms with Gasteiger partial charge in [0.15, 0.2) is 0 Å². The van der Waals surface area contributed by atoms with E-state index in [-0.39, 0.29) is 43.3 Å². The molecule has 0 saturated carbocycles. The van der Waals surface area contributed by atoms with Crippen LogP contribution in [-0.4, -0.2) is 133 Å². The molecule has 74 heavy (non-hydrogen) atoms. The summed E-state index contributed by atoms with van der Waals surface area (Å²) < 4.78 is 115. The van der Waals surface area contributed by atoms with Crippen LogP contribution in [0.3, 0.4) is 0 Å². The second kappa shape index (κ2) is 22.1. The minimum absolute atomic E-state index is 0.0217. The highest BCUT2D eigenvalue weighted by Crippen LogP contribution is 2.49. The highest BCUT2D eigenvalue weighted by atomic mass is 32.1. The number of hydrogen-bond donors (Lipinski definition) is 2. The van der Waals surface area contributed by atoms with Crippen molar-refractivity contribution in [1.29, 1.82) is 0 Å². The summed E-state index contributed by atoms with van der Waals surface area (Å²) in [6.07, 6.45) is -6.87. The molecule has 3 aliphatic heterocycles. The van der Waals surface area contributed by atoms with Crippen LogP contribution < -0.4 is 0 Å². The van der Waals surface area contributed by atoms with Crippen molar-refractivity contribution in [2.24, 2.45) is 0 Å². The molecule has 2 N–H and O–H groups in total. The third-order valence-corrected chi connectivity index (χ3v) is 17.3. The van der Waals surface area contributed by atoms with Crippen molar-refractivity contribution >= 4 is 34.6 Å². The highest BCUT2D eigenvalue weighted by molar-refractivity contribution is 7.12. The van der Waals surface area contributed by atoms with Gasteiger partial charge in [0.2, 0.25) is 5.60 Å². The number of nitrogens with zero attached hydrogens (tertiary/aromatic N) is 4. The molecule has 11 nitrogen and oxygen atoms in total. The Morgan fingerprint density at radius 2 is 1.51 bits per heavy atom. The van der Waals surface area contributed by atoms with Crippen molar-refractivity contribution < 1.29 is 64.7 Å². The van der Waals surface area contributed by atoms with Gasteiger partial charge in [0.1, 0.15) is 30.5 Å². The van der Waals surface area contributed by atoms with E-state index in [4.69, 9.17) is 14.2 Å². The Morgan fingerprint density at radius 3 is 2.15 bits per heavy atom. The quantitative estimate of drug-likeness (QED) is 0.0381. The number of carbonyl (C=O) groups excluding carboxylic acids is 2. The van der Waals surface area contributed by atoms with E-state index < -0.39 is 70.9 Å². The van der Waals surface area contributed by atoms with Crippen molar-refractivity contribution in [3.63, 3.8) is 0 Å². The molecule has 9 rings (SSSR count). The number of likely N-dealkylation sites (N-methyl/N-ethyl adjacent to an activating group) is 1. The van der Waals surface area contributed by atoms with Gasteiger partial charge >= 0.3 is 18.3 Å². The summed E-state index contributed by atoms with van der Waals surface area (Å²) in [5.41, 5.74) is -4.46. The largest absolute Gasteiger partial charge is 0.458 e. The highest BCUT2D eigenvalue weighted by Gasteiger charge is 2.51. The van der Waals surface area contributed by atoms with Crippen molar-refractivity contribution in [3.05, 3.63) is 151 Å². The van der Waals surface area contributed by atoms with Gasteiger partial charge in [0, 0.05) is 37.2 Å². The number of piperidine rings is 1. The van der Waals surface area contributed by atoms with E-state index in [1.807, 2.05) is 34.8 Å². The lowest BCUT2D eigenvalue weighted by Gasteiger charge is -2.44. The average molecular weight is 1070 g/mol. The van der Waals surface area contributed by atoms with Gasteiger partial charge in [-0.1, -0.05) is 48.5 Å². The normalized spacial score (nSPS) is 22.0. The summed E-state index contributed by atoms with van der Waals surface area (Å²) in [5.74, 6) is -2.24. The monoisotopic (exact) mass is 1070 g/mol. The smallest absolute Gasteiger partial charge is 0.416 e. The maximum absolute atomic E-state index is 14.2. The predicted molar refractivity (Wildman–Crippen MR) is 264 cm³/mol. The first-order valence-corrected chi connectivity index (χ1v) is 26.6. The number of rotatable bonds is 18. The number of esters is 1. The molecule has 1 amide bonds. The molecule has 398 valence electrons. The minimum Gasteiger partial charge on any atom is -0.458 e. The Hall–Kier alpha value is -4.77. The number of benzene rings is 3. The molecule has 4 aliphatic rings. The first-order valence-electron chi connectivity index (χ1n) is 24.8. The van der Waals surface area contributed by atoms with Gasteiger partial charge in [-0.05, 0) is 142 Å². The van der Waals surface area contributed by atoms with Gasteiger partial charge in [-0.15, -0.1) is 22.7 Å². The zero-order valence-electron chi connectivity index (χ0n) is 40.8. The number of likely N-dealkylation sites (tertiary alicyclic amines) is 2. The molecule has 0 radical (unpaired) electrons. The summed E-state index contributed by atoms with van der Waals surface area (Å²) in [6, 6.07) is 21.7. The van der Waals surface area contributed by atoms with E-state index in [9.17, 15) is 50.5 Å². The van der Waals surface area contributed by atoms with Crippen LogP contribution in [0.5, 0.6) is 0 Å². The zero-order chi connectivity index (χ0) is 52.5. The number of aliphatic hydroxyl groups excluding tert-OH is 1. The van der Waals surface area contributed by atoms with Crippen LogP contribution in [0.4, 0.5) is 30.7 Å². The molecule has 1 unspecified atom stereocenters. The molecule has 1 aliphatic carbocycles. The van der Waals surface area contributed by atoms with Crippen molar-refractivity contribution in [2.75, 3.05) is 72.7 Å². The van der Waals surface area contributed by atoms with E-state index in [1.165, 1.54) is 58.1 Å². The fourth-order valence-corrected chi connectivity index (χ4v) is 12.8. The number of carbonyl (C=O) groups is 2. The number of unbranched alkanes of at least 4 members (excludes halogenated alkanes) is 1. The number of halogens is 7. The molecule has 5 heterocycles. The summed E-state index contributed by atoms with van der Waals surface area (Å²) in [5, 5.41) is 26.6. The van der Waals surface area contributed by atoms with E-state index in [1.54, 1.807) is 24.3 Å². The average Bonchev–Trinajstić information content (AvgIpc) is 4.26. The second-order valence-electron chi connectivity index (χ2n) is 20.0. The van der Waals surface area contributed by atoms with Gasteiger partial charge in [0.05, 0.1) is 40.1 Å². The SMILES string of the molecule is CN(CCCCN1CC[C@@H](OC(=O)C(O)(c2cccs2)c2cccs2)C1)C(O)CO[C@H]1Cc2ccccc2C12CCN(CC[C@@]1(c3ccc(F)cc3)CN(C(=O)c3cc(C(F)(F)F)cc(C(F)(F)F)c3)CO1)CC2. The van der Waals surface area contributed by atoms with Crippen molar-refractivity contribution in [1.82, 2.24) is 19.6 Å². The van der Waals surface area contributed by atoms with E-state index >= 15 is 0 Å². The number of hydrogen-bond acceptors (Lipinski definition) is 12. The maximum atomic E-state index is 14.2. The lowest BCUT2D eigenvalue weighted by molar-refractivity contribution is -0.166. The summed E-state index contributed by atoms with van der Waals surface area (Å²) >= 11 is 2.62. The Labute approximate surface area is 433 Å². The van der Waals surface area contributed by atoms with Crippen LogP contribution in [0.2, 0.25) is 0 Å². The maximum Gasteiger partial charge on any atom is 0.416 e. The van der Waals surface area contributed by atoms with Crippen LogP contribution in [0.25, 0.3) is 0 Å². The van der Waals surface area contributed by atoms with Crippen LogP contribution in [0, 0.1) is 5.82 Å². The Kier molecular flexibility index (Phi) is 16.1. The molecule has 3 fully saturated rings. The fourth-order valence-electron chi connectivity index (χ4n) is 11.1. The summed E-state index contributed by atoms with van der Waals surface area (Å²) in [6.45, 7) is 4.04. The Bertz CT molecular complexity index is 2630. The number of ether oxygens (including phenoxy) is 3. The third kappa shape index (κ3) is 11.5. The second-order valence-corrected chi connectivity index (χ2v) is 21.8. The van der Waals surface area contributed by atoms with E-state index in [0.29, 0.717) is 73.0 Å². The first kappa shape index (κ1) is 54.0. The van der Waals surface area contributed by atoms with Gasteiger partial charge in [0.25, 0.3) is 5.91 Å². The number of aliphatic hydroxyl groups is 2. The molecule has 20 heteroatoms. The van der Waals surface area contributed by atoms with Crippen molar-refractivity contribution in [2.45, 2.75) is 92.4 Å². The zero-order valence-corrected chi connectivity index (χ0v) is 42.4. The van der Waals surface area contributed by atoms with E-state index in [2.05, 4.69) is 21.9 Å². The standard InChI is InChI=1S/C54H59F7N4O7S2/c1-62(20-4-5-21-64-22-16-42(32-64)72-49(68)52(69,45-10-6-26-73-45)46-11-7-27-74-46)47(66)33-70-44-30-36-8-2-3-9-43(36)50(44)17-23-63(24-18-50)25-19-51(38-12-14-41(55)15-13-38)34-65(35-71-51)48(67)37-28-39(53(56,57)58)31-40(29-37)54(59,60)61/h2-3,6-15,26-29,31,42,44,47,66,69H,4-5,16-25,30,32-35H2,1H3/t42-,44+,47?,51+/m1/s1. The first-order chi connectivity index (χ1) is 35.3. The Balaban J connectivity index is 0.767. The van der Waals surface area contributed by atoms with Gasteiger partial charge in [-0.3, -0.25) is 14.6 Å². The molecule has 5 aromatic rings. The van der Waals surface area contributed by atoms with Gasteiger partial charge in [-0.25, -0.2) is 9.18 Å². The number of thiophene rings is 2. The third-order valence-electron chi connectivity index (χ3n) is 15.3. The number of amides is 1. The Morgan fingerprint density at radius 1 is 0.851 bits per heavy atom. The lowest BCUT2D eigenvalue weighted by atomic mass is 9.72. The molecule has 0 bridgehead atoms. The molecule has 4 atom stereocenters. The number of fused-ring (bicyclic) bond motifs is 2. The summed E-state index contributed by atoms with van der Waals surface area (Å²) in [4.78, 5) is 35.7. The summed E-state index contributed by atoms with van der Waals surface area (Å²) in [7, 11) is 1.87.